The van der Waals surface area contributed by atoms with Crippen LogP contribution in [0.2, 0.25) is 0 Å². The highest BCUT2D eigenvalue weighted by Gasteiger charge is 2.26. The van der Waals surface area contributed by atoms with Crippen LogP contribution < -0.4 is 16.4 Å². The number of rotatable bonds is 6. The molecule has 0 radical (unpaired) electrons. The summed E-state index contributed by atoms with van der Waals surface area (Å²) < 4.78 is 0. The summed E-state index contributed by atoms with van der Waals surface area (Å²) in [5.41, 5.74) is 13.2. The van der Waals surface area contributed by atoms with Crippen LogP contribution in [0.3, 0.4) is 0 Å². The average molecular weight is 263 g/mol. The number of aliphatic hydroxyl groups excluding tert-OH is 1. The van der Waals surface area contributed by atoms with Gasteiger partial charge in [-0.15, -0.1) is 0 Å². The minimum atomic E-state index is -0.469. The largest absolute Gasteiger partial charge is 0.397 e. The summed E-state index contributed by atoms with van der Waals surface area (Å²) in [4.78, 5) is 13.4. The molecule has 2 rings (SSSR count). The highest BCUT2D eigenvalue weighted by atomic mass is 16.3. The molecule has 1 aliphatic carbocycles. The first kappa shape index (κ1) is 13.7. The number of hydrogen-bond donors (Lipinski definition) is 3. The summed E-state index contributed by atoms with van der Waals surface area (Å²) in [6, 6.07) is 5.68. The minimum Gasteiger partial charge on any atom is -0.397 e. The molecule has 0 bridgehead atoms. The van der Waals surface area contributed by atoms with Gasteiger partial charge in [0.2, 0.25) is 5.91 Å². The molecule has 0 atom stereocenters. The van der Waals surface area contributed by atoms with Gasteiger partial charge >= 0.3 is 0 Å². The maximum atomic E-state index is 11.1. The number of amides is 1. The van der Waals surface area contributed by atoms with Gasteiger partial charge < -0.3 is 21.5 Å². The van der Waals surface area contributed by atoms with Crippen molar-refractivity contribution in [2.45, 2.75) is 31.7 Å². The lowest BCUT2D eigenvalue weighted by Gasteiger charge is -2.40. The number of nitrogen functional groups attached to an aromatic ring is 1. The van der Waals surface area contributed by atoms with E-state index in [1.807, 2.05) is 6.07 Å². The zero-order valence-electron chi connectivity index (χ0n) is 11.0. The summed E-state index contributed by atoms with van der Waals surface area (Å²) in [5, 5.41) is 9.00. The Morgan fingerprint density at radius 2 is 2.16 bits per heavy atom. The molecule has 1 amide bonds. The van der Waals surface area contributed by atoms with Crippen LogP contribution in [0.4, 0.5) is 11.4 Å². The number of carbonyl (C=O) groups excluding carboxylic acids is 1. The molecule has 104 valence electrons. The number of aliphatic hydroxyl groups is 1. The first-order chi connectivity index (χ1) is 9.13. The molecule has 0 saturated heterocycles. The predicted octanol–water partition coefficient (Wildman–Crippen LogP) is 1.11. The van der Waals surface area contributed by atoms with Crippen LogP contribution in [0.25, 0.3) is 0 Å². The molecule has 1 fully saturated rings. The SMILES string of the molecule is NC(=O)c1ccc(N(CCCO)C2CCC2)c(N)c1. The van der Waals surface area contributed by atoms with Gasteiger partial charge in [0, 0.05) is 24.8 Å². The Bertz CT molecular complexity index is 458. The van der Waals surface area contributed by atoms with E-state index in [1.54, 1.807) is 12.1 Å². The van der Waals surface area contributed by atoms with E-state index in [0.29, 0.717) is 23.7 Å². The number of benzene rings is 1. The highest BCUT2D eigenvalue weighted by Crippen LogP contribution is 2.33. The van der Waals surface area contributed by atoms with Crippen LogP contribution in [0.1, 0.15) is 36.0 Å². The van der Waals surface area contributed by atoms with Crippen molar-refractivity contribution < 1.29 is 9.90 Å². The third kappa shape index (κ3) is 2.98. The number of hydrogen-bond acceptors (Lipinski definition) is 4. The van der Waals surface area contributed by atoms with Crippen molar-refractivity contribution in [3.05, 3.63) is 23.8 Å². The second-order valence-corrected chi connectivity index (χ2v) is 4.99. The van der Waals surface area contributed by atoms with Crippen molar-refractivity contribution in [2.24, 2.45) is 5.73 Å². The summed E-state index contributed by atoms with van der Waals surface area (Å²) in [6.45, 7) is 0.948. The quantitative estimate of drug-likeness (QED) is 0.670. The lowest BCUT2D eigenvalue weighted by Crippen LogP contribution is -2.41. The Hall–Kier alpha value is -1.75. The maximum Gasteiger partial charge on any atom is 0.248 e. The maximum absolute atomic E-state index is 11.1. The minimum absolute atomic E-state index is 0.169. The number of carbonyl (C=O) groups is 1. The molecule has 1 aliphatic rings. The molecule has 0 aliphatic heterocycles. The lowest BCUT2D eigenvalue weighted by atomic mass is 9.90. The fraction of sp³-hybridized carbons (Fsp3) is 0.500. The first-order valence-electron chi connectivity index (χ1n) is 6.70. The zero-order valence-corrected chi connectivity index (χ0v) is 11.0. The second-order valence-electron chi connectivity index (χ2n) is 4.99. The van der Waals surface area contributed by atoms with Gasteiger partial charge in [-0.3, -0.25) is 4.79 Å². The number of primary amides is 1. The van der Waals surface area contributed by atoms with E-state index >= 15 is 0 Å². The molecular weight excluding hydrogens is 242 g/mol. The Morgan fingerprint density at radius 3 is 2.63 bits per heavy atom. The Morgan fingerprint density at radius 1 is 1.42 bits per heavy atom. The van der Waals surface area contributed by atoms with Gasteiger partial charge in [0.1, 0.15) is 0 Å². The lowest BCUT2D eigenvalue weighted by molar-refractivity contribution is 0.100. The van der Waals surface area contributed by atoms with Gasteiger partial charge in [0.05, 0.1) is 11.4 Å². The van der Waals surface area contributed by atoms with Crippen molar-refractivity contribution in [2.75, 3.05) is 23.8 Å². The Kier molecular flexibility index (Phi) is 4.27. The molecule has 1 aromatic carbocycles. The Balaban J connectivity index is 2.22. The molecule has 5 heteroatoms. The van der Waals surface area contributed by atoms with Crippen LogP contribution in [0.5, 0.6) is 0 Å². The predicted molar refractivity (Wildman–Crippen MR) is 76.1 cm³/mol. The highest BCUT2D eigenvalue weighted by molar-refractivity contribution is 5.94. The van der Waals surface area contributed by atoms with Crippen LogP contribution in [-0.2, 0) is 0 Å². The van der Waals surface area contributed by atoms with Crippen LogP contribution in [0, 0.1) is 0 Å². The van der Waals surface area contributed by atoms with Crippen LogP contribution >= 0.6 is 0 Å². The van der Waals surface area contributed by atoms with Gasteiger partial charge in [-0.2, -0.15) is 0 Å². The molecule has 1 saturated carbocycles. The normalized spacial score (nSPS) is 15.0. The molecule has 5 N–H and O–H groups in total. The summed E-state index contributed by atoms with van der Waals surface area (Å²) >= 11 is 0. The number of nitrogens with zero attached hydrogens (tertiary/aromatic N) is 1. The molecule has 0 unspecified atom stereocenters. The van der Waals surface area contributed by atoms with Crippen molar-refractivity contribution in [1.29, 1.82) is 0 Å². The zero-order chi connectivity index (χ0) is 13.8. The fourth-order valence-electron chi connectivity index (χ4n) is 2.41. The second kappa shape index (κ2) is 5.93. The van der Waals surface area contributed by atoms with E-state index in [4.69, 9.17) is 16.6 Å². The summed E-state index contributed by atoms with van der Waals surface area (Å²) in [6.07, 6.45) is 4.26. The van der Waals surface area contributed by atoms with Gasteiger partial charge in [-0.05, 0) is 43.9 Å². The van der Waals surface area contributed by atoms with E-state index in [9.17, 15) is 4.79 Å². The van der Waals surface area contributed by atoms with Crippen molar-refractivity contribution in [3.8, 4) is 0 Å². The molecule has 19 heavy (non-hydrogen) atoms. The van der Waals surface area contributed by atoms with E-state index < -0.39 is 5.91 Å². The topological polar surface area (TPSA) is 92.6 Å². The molecular formula is C14H21N3O2. The monoisotopic (exact) mass is 263 g/mol. The number of nitrogens with two attached hydrogens (primary N) is 2. The average Bonchev–Trinajstić information content (AvgIpc) is 2.32. The van der Waals surface area contributed by atoms with E-state index in [0.717, 1.165) is 25.1 Å². The Labute approximate surface area is 113 Å². The third-order valence-corrected chi connectivity index (χ3v) is 3.69. The molecule has 0 heterocycles. The van der Waals surface area contributed by atoms with Crippen molar-refractivity contribution in [1.82, 2.24) is 0 Å². The molecule has 0 spiro atoms. The molecule has 1 aromatic rings. The molecule has 0 aromatic heterocycles. The fourth-order valence-corrected chi connectivity index (χ4v) is 2.41. The smallest absolute Gasteiger partial charge is 0.248 e. The third-order valence-electron chi connectivity index (χ3n) is 3.69. The standard InChI is InChI=1S/C14H21N3O2/c15-12-9-10(14(16)19)5-6-13(12)17(7-2-8-18)11-3-1-4-11/h5-6,9,11,18H,1-4,7-8,15H2,(H2,16,19). The summed E-state index contributed by atoms with van der Waals surface area (Å²) in [7, 11) is 0. The van der Waals surface area contributed by atoms with Gasteiger partial charge in [-0.1, -0.05) is 0 Å². The first-order valence-corrected chi connectivity index (χ1v) is 6.70. The van der Waals surface area contributed by atoms with Crippen LogP contribution in [-0.4, -0.2) is 30.2 Å². The van der Waals surface area contributed by atoms with Crippen molar-refractivity contribution >= 4 is 17.3 Å². The molecule has 5 nitrogen and oxygen atoms in total. The van der Waals surface area contributed by atoms with E-state index in [2.05, 4.69) is 4.90 Å². The van der Waals surface area contributed by atoms with Crippen molar-refractivity contribution in [3.63, 3.8) is 0 Å². The van der Waals surface area contributed by atoms with Gasteiger partial charge in [0.25, 0.3) is 0 Å². The number of anilines is 2. The van der Waals surface area contributed by atoms with Gasteiger partial charge in [0.15, 0.2) is 0 Å². The van der Waals surface area contributed by atoms with E-state index in [1.165, 1.54) is 6.42 Å². The van der Waals surface area contributed by atoms with Crippen LogP contribution in [0.15, 0.2) is 18.2 Å². The van der Waals surface area contributed by atoms with E-state index in [-0.39, 0.29) is 6.61 Å². The summed E-state index contributed by atoms with van der Waals surface area (Å²) in [5.74, 6) is -0.469. The van der Waals surface area contributed by atoms with Gasteiger partial charge in [-0.25, -0.2) is 0 Å².